The Kier molecular flexibility index (Phi) is 15.5. The van der Waals surface area contributed by atoms with Gasteiger partial charge in [-0.2, -0.15) is 9.97 Å². The fraction of sp³-hybridized carbons (Fsp3) is 0.453. The number of carbonyl (C=O) groups excluding carboxylic acids is 5. The Labute approximate surface area is 436 Å². The topological polar surface area (TPSA) is 238 Å². The average molecular weight is 1050 g/mol. The predicted molar refractivity (Wildman–Crippen MR) is 273 cm³/mol. The van der Waals surface area contributed by atoms with Gasteiger partial charge in [0.15, 0.2) is 5.82 Å². The lowest BCUT2D eigenvalue weighted by molar-refractivity contribution is -0.136. The van der Waals surface area contributed by atoms with Gasteiger partial charge in [-0.15, -0.1) is 0 Å². The SMILES string of the molecule is CN1C[C@@H](N2CCC(C(=O)NCCOCCOc3ccc4c(c3)C(=O)N(C3CCC(=O)NC3=O)C4=O)CC2)C[C@H]1COc1nc(N2CC3CCC(C2)N3)c2cnc(-c3cccc4cccc(Cl)c34)c(F)c2n1.O=CO. The second-order valence-electron chi connectivity index (χ2n) is 19.8. The molecule has 2 aromatic heterocycles. The quantitative estimate of drug-likeness (QED) is 0.0657. The molecule has 2 bridgehead atoms. The molecule has 3 aromatic carbocycles. The summed E-state index contributed by atoms with van der Waals surface area (Å²) in [5, 5.41) is 18.4. The highest BCUT2D eigenvalue weighted by Crippen LogP contribution is 2.39. The molecule has 20 nitrogen and oxygen atoms in total. The molecule has 75 heavy (non-hydrogen) atoms. The van der Waals surface area contributed by atoms with E-state index in [9.17, 15) is 24.0 Å². The van der Waals surface area contributed by atoms with Crippen LogP contribution in [-0.2, 0) is 23.9 Å². The van der Waals surface area contributed by atoms with Crippen LogP contribution >= 0.6 is 11.6 Å². The molecule has 0 aliphatic carbocycles. The van der Waals surface area contributed by atoms with E-state index in [1.165, 1.54) is 12.1 Å². The minimum atomic E-state index is -1.04. The van der Waals surface area contributed by atoms with Crippen molar-refractivity contribution in [2.75, 3.05) is 77.6 Å². The summed E-state index contributed by atoms with van der Waals surface area (Å²) < 4.78 is 34.9. The number of likely N-dealkylation sites (N-methyl/N-ethyl adjacent to an activating group) is 1. The van der Waals surface area contributed by atoms with Gasteiger partial charge in [-0.1, -0.05) is 41.9 Å². The standard InChI is InChI=1S/C52H56ClFN10O8.CH2O2/c1-61-27-33(62-17-14-30(15-18-62)48(66)55-16-19-70-20-21-71-35-10-11-36-38(23-35)51(69)64(50(36)68)41-12-13-42(65)58-49(41)67)22-34(61)28-72-52-59-46-39(47(60-52)63-25-31-8-9-32(26-63)57-31)24-56-45(44(46)54)37-6-2-4-29-5-3-7-40(53)43(29)37;2-1-3/h2-7,10-11,23-24,30-34,41,57H,8-9,12-22,25-28H2,1H3,(H,55,66)(H,58,65,67);1H,(H,2,3)/t31?,32?,33-,34-,41?;/m0./s1. The summed E-state index contributed by atoms with van der Waals surface area (Å²) in [5.74, 6) is -1.92. The maximum absolute atomic E-state index is 17.0. The van der Waals surface area contributed by atoms with E-state index in [-0.39, 0.29) is 78.7 Å². The molecule has 4 N–H and O–H groups in total. The van der Waals surface area contributed by atoms with E-state index in [1.807, 2.05) is 30.3 Å². The van der Waals surface area contributed by atoms with Crippen molar-refractivity contribution < 1.29 is 52.5 Å². The number of carboxylic acid groups (broad SMARTS) is 1. The third-order valence-electron chi connectivity index (χ3n) is 15.2. The van der Waals surface area contributed by atoms with E-state index in [0.717, 1.165) is 80.5 Å². The summed E-state index contributed by atoms with van der Waals surface area (Å²) >= 11 is 6.68. The first-order valence-electron chi connectivity index (χ1n) is 25.4. The van der Waals surface area contributed by atoms with E-state index < -0.39 is 35.5 Å². The number of amides is 5. The fourth-order valence-electron chi connectivity index (χ4n) is 11.4. The number of benzene rings is 3. The zero-order chi connectivity index (χ0) is 52.3. The van der Waals surface area contributed by atoms with Crippen molar-refractivity contribution in [2.24, 2.45) is 5.92 Å². The number of imide groups is 2. The van der Waals surface area contributed by atoms with Crippen LogP contribution < -0.4 is 30.3 Å². The molecule has 11 rings (SSSR count). The summed E-state index contributed by atoms with van der Waals surface area (Å²) in [6, 6.07) is 16.0. The third kappa shape index (κ3) is 10.8. The lowest BCUT2D eigenvalue weighted by atomic mass is 9.94. The maximum atomic E-state index is 17.0. The van der Waals surface area contributed by atoms with Gasteiger partial charge in [-0.25, -0.2) is 4.39 Å². The number of anilines is 1. The molecule has 3 unspecified atom stereocenters. The van der Waals surface area contributed by atoms with Crippen LogP contribution in [0, 0.1) is 11.7 Å². The molecule has 0 radical (unpaired) electrons. The first-order valence-corrected chi connectivity index (χ1v) is 25.8. The summed E-state index contributed by atoms with van der Waals surface area (Å²) in [4.78, 5) is 93.8. The number of nitrogens with one attached hydrogen (secondary N) is 3. The largest absolute Gasteiger partial charge is 0.491 e. The number of ether oxygens (including phenoxy) is 3. The number of likely N-dealkylation sites (tertiary alicyclic amines) is 2. The smallest absolute Gasteiger partial charge is 0.319 e. The number of piperidine rings is 2. The number of pyridine rings is 1. The van der Waals surface area contributed by atoms with Crippen LogP contribution in [0.25, 0.3) is 32.9 Å². The molecule has 5 fully saturated rings. The van der Waals surface area contributed by atoms with Gasteiger partial charge >= 0.3 is 6.01 Å². The van der Waals surface area contributed by atoms with Gasteiger partial charge in [-0.05, 0) is 88.3 Å². The fourth-order valence-corrected chi connectivity index (χ4v) is 11.7. The number of nitrogens with zero attached hydrogens (tertiary/aromatic N) is 7. The Morgan fingerprint density at radius 2 is 1.65 bits per heavy atom. The van der Waals surface area contributed by atoms with Crippen molar-refractivity contribution >= 4 is 75.1 Å². The Hall–Kier alpha value is -6.91. The number of hydrogen-bond donors (Lipinski definition) is 4. The predicted octanol–water partition coefficient (Wildman–Crippen LogP) is 4.06. The second-order valence-corrected chi connectivity index (χ2v) is 20.2. The van der Waals surface area contributed by atoms with Gasteiger partial charge in [-0.3, -0.25) is 53.8 Å². The average Bonchev–Trinajstić information content (AvgIpc) is 4.04. The van der Waals surface area contributed by atoms with Gasteiger partial charge in [0.1, 0.15) is 42.0 Å². The Morgan fingerprint density at radius 3 is 2.41 bits per heavy atom. The summed E-state index contributed by atoms with van der Waals surface area (Å²) in [6.45, 7) is 5.08. The summed E-state index contributed by atoms with van der Waals surface area (Å²) in [5.41, 5.74) is 1.24. The second kappa shape index (κ2) is 22.5. The Bertz CT molecular complexity index is 3020. The number of halogens is 2. The van der Waals surface area contributed by atoms with Gasteiger partial charge in [0.05, 0.1) is 29.7 Å². The lowest BCUT2D eigenvalue weighted by Crippen LogP contribution is -2.54. The maximum Gasteiger partial charge on any atom is 0.319 e. The van der Waals surface area contributed by atoms with E-state index in [4.69, 9.17) is 45.7 Å². The van der Waals surface area contributed by atoms with Crippen LogP contribution in [0.1, 0.15) is 65.7 Å². The van der Waals surface area contributed by atoms with Crippen molar-refractivity contribution in [3.8, 4) is 23.0 Å². The minimum Gasteiger partial charge on any atom is -0.491 e. The first-order chi connectivity index (χ1) is 36.4. The molecule has 394 valence electrons. The Morgan fingerprint density at radius 1 is 0.907 bits per heavy atom. The van der Waals surface area contributed by atoms with E-state index in [1.54, 1.807) is 18.3 Å². The van der Waals surface area contributed by atoms with Crippen LogP contribution in [-0.4, -0.2) is 174 Å². The number of hydrogen-bond acceptors (Lipinski definition) is 16. The van der Waals surface area contributed by atoms with Crippen LogP contribution in [0.15, 0.2) is 60.8 Å². The molecular formula is C53H58ClFN10O10. The number of piperazine rings is 1. The van der Waals surface area contributed by atoms with Crippen molar-refractivity contribution in [3.63, 3.8) is 0 Å². The van der Waals surface area contributed by atoms with Crippen molar-refractivity contribution in [1.82, 2.24) is 45.6 Å². The van der Waals surface area contributed by atoms with Crippen LogP contribution in [0.4, 0.5) is 10.2 Å². The molecule has 5 aromatic rings. The van der Waals surface area contributed by atoms with Gasteiger partial charge < -0.3 is 34.9 Å². The highest BCUT2D eigenvalue weighted by atomic mass is 35.5. The first kappa shape index (κ1) is 51.6. The number of rotatable bonds is 15. The molecule has 5 atom stereocenters. The highest BCUT2D eigenvalue weighted by molar-refractivity contribution is 6.36. The molecule has 6 aliphatic heterocycles. The van der Waals surface area contributed by atoms with Crippen molar-refractivity contribution in [1.29, 1.82) is 0 Å². The monoisotopic (exact) mass is 1050 g/mol. The Balaban J connectivity index is 0.00000209. The lowest BCUT2D eigenvalue weighted by Gasteiger charge is -2.35. The van der Waals surface area contributed by atoms with Gasteiger partial charge in [0, 0.05) is 84.9 Å². The molecule has 6 aliphatic rings. The van der Waals surface area contributed by atoms with Crippen LogP contribution in [0.3, 0.4) is 0 Å². The van der Waals surface area contributed by atoms with E-state index >= 15 is 4.39 Å². The van der Waals surface area contributed by atoms with E-state index in [0.29, 0.717) is 65.4 Å². The molecule has 0 spiro atoms. The van der Waals surface area contributed by atoms with Crippen molar-refractivity contribution in [2.45, 2.75) is 75.2 Å². The zero-order valence-electron chi connectivity index (χ0n) is 41.3. The van der Waals surface area contributed by atoms with E-state index in [2.05, 4.69) is 42.7 Å². The van der Waals surface area contributed by atoms with Crippen molar-refractivity contribution in [3.05, 3.63) is 82.8 Å². The normalized spacial score (nSPS) is 23.1. The third-order valence-corrected chi connectivity index (χ3v) is 15.5. The summed E-state index contributed by atoms with van der Waals surface area (Å²) in [7, 11) is 2.09. The summed E-state index contributed by atoms with van der Waals surface area (Å²) in [6.07, 6.45) is 6.33. The highest BCUT2D eigenvalue weighted by Gasteiger charge is 2.45. The number of fused-ring (bicyclic) bond motifs is 5. The minimum absolute atomic E-state index is 0.0106. The molecule has 0 saturated carbocycles. The molecule has 5 amide bonds. The van der Waals surface area contributed by atoms with Gasteiger partial charge in [0.25, 0.3) is 18.3 Å². The zero-order valence-corrected chi connectivity index (χ0v) is 42.1. The number of aromatic nitrogens is 3. The molecule has 8 heterocycles. The molecular weight excluding hydrogens is 991 g/mol. The molecule has 5 saturated heterocycles. The number of carbonyl (C=O) groups is 6. The molecule has 22 heteroatoms. The van der Waals surface area contributed by atoms with Crippen LogP contribution in [0.2, 0.25) is 5.02 Å². The van der Waals surface area contributed by atoms with Gasteiger partial charge in [0.2, 0.25) is 17.7 Å². The van der Waals surface area contributed by atoms with Crippen LogP contribution in [0.5, 0.6) is 11.8 Å².